The number of hydrogen-bond acceptors (Lipinski definition) is 2. The van der Waals surface area contributed by atoms with Gasteiger partial charge in [0, 0.05) is 11.1 Å². The van der Waals surface area contributed by atoms with E-state index in [2.05, 4.69) is 22.0 Å². The Balaban J connectivity index is 1.79. The Morgan fingerprint density at radius 3 is 1.85 bits per heavy atom. The molecule has 1 aliphatic rings. The molecule has 4 aromatic carbocycles. The van der Waals surface area contributed by atoms with Gasteiger partial charge in [-0.1, -0.05) is 109 Å². The standard InChI is InChI=1S/C29H24N2O2/c32-28(33)29(25-19-11-4-12-20-25)26(23-15-7-2-8-16-23)31(21-22-13-5-1-6-14-22)27(30-29)24-17-9-3-10-18-24/h1-20,26H,21H2,(H,32,33)/p+1/t26-,29-/m0/s1. The molecule has 0 bridgehead atoms. The zero-order valence-corrected chi connectivity index (χ0v) is 18.1. The van der Waals surface area contributed by atoms with Gasteiger partial charge in [-0.05, 0) is 17.7 Å². The summed E-state index contributed by atoms with van der Waals surface area (Å²) >= 11 is 0. The van der Waals surface area contributed by atoms with Gasteiger partial charge in [-0.15, -0.1) is 0 Å². The summed E-state index contributed by atoms with van der Waals surface area (Å²) in [5.41, 5.74) is 2.37. The van der Waals surface area contributed by atoms with Crippen LogP contribution in [0.5, 0.6) is 0 Å². The van der Waals surface area contributed by atoms with Gasteiger partial charge in [0.05, 0.1) is 5.56 Å². The smallest absolute Gasteiger partial charge is 0.361 e. The highest BCUT2D eigenvalue weighted by Gasteiger charge is 2.62. The van der Waals surface area contributed by atoms with Crippen molar-refractivity contribution in [1.82, 2.24) is 5.32 Å². The van der Waals surface area contributed by atoms with Gasteiger partial charge in [0.15, 0.2) is 6.04 Å². The predicted molar refractivity (Wildman–Crippen MR) is 129 cm³/mol. The van der Waals surface area contributed by atoms with Crippen LogP contribution in [0.2, 0.25) is 0 Å². The second kappa shape index (κ2) is 8.75. The third-order valence-electron chi connectivity index (χ3n) is 6.25. The van der Waals surface area contributed by atoms with Crippen LogP contribution in [0.4, 0.5) is 0 Å². The fraction of sp³-hybridized carbons (Fsp3) is 0.103. The van der Waals surface area contributed by atoms with Crippen LogP contribution in [0.1, 0.15) is 28.3 Å². The number of nitrogens with zero attached hydrogens (tertiary/aromatic N) is 1. The van der Waals surface area contributed by atoms with E-state index in [9.17, 15) is 9.90 Å². The minimum atomic E-state index is -1.36. The fourth-order valence-corrected chi connectivity index (χ4v) is 4.76. The van der Waals surface area contributed by atoms with Gasteiger partial charge in [-0.2, -0.15) is 0 Å². The number of rotatable bonds is 6. The zero-order valence-electron chi connectivity index (χ0n) is 18.1. The summed E-state index contributed by atoms with van der Waals surface area (Å²) in [6.45, 7) is 0.569. The minimum absolute atomic E-state index is 0.464. The van der Waals surface area contributed by atoms with Crippen molar-refractivity contribution in [2.45, 2.75) is 18.1 Å². The molecule has 0 unspecified atom stereocenters. The van der Waals surface area contributed by atoms with Crippen LogP contribution in [0.15, 0.2) is 121 Å². The normalized spacial score (nSPS) is 19.8. The number of benzene rings is 4. The fourth-order valence-electron chi connectivity index (χ4n) is 4.76. The first-order chi connectivity index (χ1) is 16.2. The third-order valence-corrected chi connectivity index (χ3v) is 6.25. The van der Waals surface area contributed by atoms with Crippen molar-refractivity contribution >= 4 is 11.8 Å². The summed E-state index contributed by atoms with van der Waals surface area (Å²) in [6.07, 6.45) is 0. The average molecular weight is 434 g/mol. The summed E-state index contributed by atoms with van der Waals surface area (Å²) in [5.74, 6) is -0.105. The predicted octanol–water partition coefficient (Wildman–Crippen LogP) is 4.97. The maximum atomic E-state index is 13.2. The highest BCUT2D eigenvalue weighted by atomic mass is 16.4. The molecule has 0 spiro atoms. The molecule has 4 aromatic rings. The SMILES string of the molecule is O=C(O)[C@@]1(c2ccccc2)NC(c2ccccc2)=[N+](Cc2ccccc2)[C@H]1c1ccccc1. The molecular weight excluding hydrogens is 408 g/mol. The molecule has 33 heavy (non-hydrogen) atoms. The van der Waals surface area contributed by atoms with Crippen molar-refractivity contribution in [3.63, 3.8) is 0 Å². The second-order valence-corrected chi connectivity index (χ2v) is 8.25. The van der Waals surface area contributed by atoms with Gasteiger partial charge in [0.25, 0.3) is 11.4 Å². The topological polar surface area (TPSA) is 52.3 Å². The molecule has 4 nitrogen and oxygen atoms in total. The monoisotopic (exact) mass is 433 g/mol. The summed E-state index contributed by atoms with van der Waals surface area (Å²) in [4.78, 5) is 13.2. The van der Waals surface area contributed by atoms with E-state index in [0.29, 0.717) is 6.54 Å². The largest absolute Gasteiger partial charge is 0.477 e. The van der Waals surface area contributed by atoms with Crippen molar-refractivity contribution in [2.75, 3.05) is 0 Å². The number of aliphatic carboxylic acids is 1. The van der Waals surface area contributed by atoms with Gasteiger partial charge in [0.2, 0.25) is 0 Å². The number of nitrogens with one attached hydrogen (secondary N) is 1. The van der Waals surface area contributed by atoms with Crippen LogP contribution in [0.25, 0.3) is 0 Å². The first-order valence-corrected chi connectivity index (χ1v) is 11.0. The average Bonchev–Trinajstić information content (AvgIpc) is 3.22. The van der Waals surface area contributed by atoms with E-state index in [1.165, 1.54) is 0 Å². The Morgan fingerprint density at radius 1 is 0.758 bits per heavy atom. The quantitative estimate of drug-likeness (QED) is 0.422. The first kappa shape index (κ1) is 20.7. The number of carboxylic acid groups (broad SMARTS) is 1. The lowest BCUT2D eigenvalue weighted by Crippen LogP contribution is -2.51. The van der Waals surface area contributed by atoms with Crippen molar-refractivity contribution in [3.05, 3.63) is 144 Å². The Morgan fingerprint density at radius 2 is 1.27 bits per heavy atom. The zero-order chi connectivity index (χ0) is 22.7. The van der Waals surface area contributed by atoms with Gasteiger partial charge in [-0.3, -0.25) is 5.32 Å². The molecule has 0 saturated heterocycles. The van der Waals surface area contributed by atoms with Gasteiger partial charge >= 0.3 is 5.97 Å². The van der Waals surface area contributed by atoms with Crippen LogP contribution < -0.4 is 5.32 Å². The molecule has 0 amide bonds. The summed E-state index contributed by atoms with van der Waals surface area (Å²) in [6, 6.07) is 39.1. The van der Waals surface area contributed by atoms with Gasteiger partial charge in [-0.25, -0.2) is 9.37 Å². The van der Waals surface area contributed by atoms with E-state index in [-0.39, 0.29) is 0 Å². The minimum Gasteiger partial charge on any atom is -0.477 e. The van der Waals surface area contributed by atoms with Crippen molar-refractivity contribution in [2.24, 2.45) is 0 Å². The number of hydrogen-bond donors (Lipinski definition) is 2. The van der Waals surface area contributed by atoms with E-state index < -0.39 is 17.6 Å². The maximum absolute atomic E-state index is 13.2. The lowest BCUT2D eigenvalue weighted by Gasteiger charge is -2.28. The highest BCUT2D eigenvalue weighted by molar-refractivity contribution is 6.01. The molecule has 2 N–H and O–H groups in total. The van der Waals surface area contributed by atoms with E-state index in [1.807, 2.05) is 109 Å². The summed E-state index contributed by atoms with van der Waals surface area (Å²) in [7, 11) is 0. The molecular formula is C29H25N2O2+. The molecule has 1 heterocycles. The first-order valence-electron chi connectivity index (χ1n) is 11.0. The van der Waals surface area contributed by atoms with Crippen LogP contribution >= 0.6 is 0 Å². The molecule has 162 valence electrons. The lowest BCUT2D eigenvalue weighted by atomic mass is 9.79. The molecule has 1 aliphatic heterocycles. The molecule has 0 aromatic heterocycles. The third kappa shape index (κ3) is 3.70. The number of carbonyl (C=O) groups is 1. The van der Waals surface area contributed by atoms with E-state index in [1.54, 1.807) is 0 Å². The molecule has 0 radical (unpaired) electrons. The molecule has 0 fully saturated rings. The van der Waals surface area contributed by atoms with Crippen molar-refractivity contribution in [1.29, 1.82) is 0 Å². The van der Waals surface area contributed by atoms with Crippen LogP contribution in [-0.4, -0.2) is 21.5 Å². The maximum Gasteiger partial charge on any atom is 0.361 e. The molecule has 0 aliphatic carbocycles. The number of amidine groups is 1. The van der Waals surface area contributed by atoms with Crippen molar-refractivity contribution < 1.29 is 14.5 Å². The highest BCUT2D eigenvalue weighted by Crippen LogP contribution is 2.43. The Labute approximate surface area is 193 Å². The van der Waals surface area contributed by atoms with Crippen molar-refractivity contribution in [3.8, 4) is 0 Å². The van der Waals surface area contributed by atoms with E-state index >= 15 is 0 Å². The van der Waals surface area contributed by atoms with E-state index in [0.717, 1.165) is 28.1 Å². The molecule has 0 saturated carbocycles. The summed E-state index contributed by atoms with van der Waals surface area (Å²) < 4.78 is 2.20. The molecule has 2 atom stereocenters. The molecule has 5 rings (SSSR count). The van der Waals surface area contributed by atoms with Crippen LogP contribution in [0, 0.1) is 0 Å². The second-order valence-electron chi connectivity index (χ2n) is 8.25. The summed E-state index contributed by atoms with van der Waals surface area (Å²) in [5, 5.41) is 14.3. The Kier molecular flexibility index (Phi) is 5.49. The van der Waals surface area contributed by atoms with E-state index in [4.69, 9.17) is 0 Å². The van der Waals surface area contributed by atoms with Crippen LogP contribution in [0.3, 0.4) is 0 Å². The Hall–Kier alpha value is -4.18. The van der Waals surface area contributed by atoms with Gasteiger partial charge < -0.3 is 5.11 Å². The number of carboxylic acids is 1. The Bertz CT molecular complexity index is 1270. The molecule has 4 heteroatoms. The van der Waals surface area contributed by atoms with Gasteiger partial charge in [0.1, 0.15) is 6.54 Å². The van der Waals surface area contributed by atoms with Crippen LogP contribution in [-0.2, 0) is 16.9 Å². The lowest BCUT2D eigenvalue weighted by molar-refractivity contribution is -0.586.